The highest BCUT2D eigenvalue weighted by atomic mass is 79.9. The van der Waals surface area contributed by atoms with Crippen LogP contribution in [0.3, 0.4) is 0 Å². The first-order valence-corrected chi connectivity index (χ1v) is 7.37. The van der Waals surface area contributed by atoms with E-state index in [9.17, 15) is 4.39 Å². The maximum absolute atomic E-state index is 13.4. The Bertz CT molecular complexity index is 560. The van der Waals surface area contributed by atoms with Crippen LogP contribution in [0.25, 0.3) is 0 Å². The van der Waals surface area contributed by atoms with Crippen LogP contribution in [0.15, 0.2) is 53.0 Å². The van der Waals surface area contributed by atoms with Crippen LogP contribution < -0.4 is 11.1 Å². The average Bonchev–Trinajstić information content (AvgIpc) is 2.48. The fourth-order valence-corrected chi connectivity index (χ4v) is 2.73. The predicted molar refractivity (Wildman–Crippen MR) is 83.9 cm³/mol. The number of benzene rings is 2. The largest absolute Gasteiger partial charge is 0.329 e. The van der Waals surface area contributed by atoms with E-state index in [0.717, 1.165) is 10.0 Å². The lowest BCUT2D eigenvalue weighted by Gasteiger charge is -2.24. The molecule has 0 fully saturated rings. The maximum Gasteiger partial charge on any atom is 0.123 e. The molecule has 0 spiro atoms. The zero-order chi connectivity index (χ0) is 14.5. The van der Waals surface area contributed by atoms with Gasteiger partial charge in [-0.25, -0.2) is 4.39 Å². The molecule has 0 aliphatic heterocycles. The minimum atomic E-state index is -0.254. The summed E-state index contributed by atoms with van der Waals surface area (Å²) in [6, 6.07) is 14.8. The topological polar surface area (TPSA) is 38.0 Å². The molecule has 0 aromatic heterocycles. The quantitative estimate of drug-likeness (QED) is 0.867. The summed E-state index contributed by atoms with van der Waals surface area (Å²) in [4.78, 5) is 0. The van der Waals surface area contributed by atoms with Crippen LogP contribution in [-0.4, -0.2) is 6.54 Å². The third-order valence-corrected chi connectivity index (χ3v) is 4.04. The highest BCUT2D eigenvalue weighted by Crippen LogP contribution is 2.26. The molecule has 4 heteroatoms. The Hall–Kier alpha value is -1.23. The highest BCUT2D eigenvalue weighted by molar-refractivity contribution is 9.10. The van der Waals surface area contributed by atoms with Crippen molar-refractivity contribution in [1.82, 2.24) is 5.32 Å². The van der Waals surface area contributed by atoms with E-state index in [2.05, 4.69) is 40.3 Å². The Kier molecular flexibility index (Phi) is 5.29. The molecule has 0 bridgehead atoms. The zero-order valence-corrected chi connectivity index (χ0v) is 12.9. The van der Waals surface area contributed by atoms with Gasteiger partial charge in [0.25, 0.3) is 0 Å². The highest BCUT2D eigenvalue weighted by Gasteiger charge is 2.17. The summed E-state index contributed by atoms with van der Waals surface area (Å²) >= 11 is 3.46. The first-order chi connectivity index (χ1) is 9.61. The molecule has 0 aliphatic rings. The predicted octanol–water partition coefficient (Wildman–Crippen LogP) is 3.94. The molecule has 2 aromatic rings. The van der Waals surface area contributed by atoms with Crippen LogP contribution in [0.5, 0.6) is 0 Å². The Balaban J connectivity index is 2.19. The second kappa shape index (κ2) is 6.97. The fraction of sp³-hybridized carbons (Fsp3) is 0.250. The summed E-state index contributed by atoms with van der Waals surface area (Å²) in [5.41, 5.74) is 7.87. The molecule has 0 aliphatic carbocycles. The van der Waals surface area contributed by atoms with E-state index in [0.29, 0.717) is 6.54 Å². The molecule has 0 saturated heterocycles. The molecule has 0 saturated carbocycles. The molecule has 20 heavy (non-hydrogen) atoms. The van der Waals surface area contributed by atoms with E-state index in [-0.39, 0.29) is 17.9 Å². The van der Waals surface area contributed by atoms with Crippen molar-refractivity contribution < 1.29 is 4.39 Å². The number of nitrogens with two attached hydrogens (primary N) is 1. The second-order valence-corrected chi connectivity index (χ2v) is 5.61. The van der Waals surface area contributed by atoms with E-state index >= 15 is 0 Å². The van der Waals surface area contributed by atoms with E-state index in [4.69, 9.17) is 5.73 Å². The summed E-state index contributed by atoms with van der Waals surface area (Å²) in [6.45, 7) is 2.48. The number of halogens is 2. The first-order valence-electron chi connectivity index (χ1n) is 6.58. The Morgan fingerprint density at radius 2 is 1.90 bits per heavy atom. The van der Waals surface area contributed by atoms with E-state index in [1.54, 1.807) is 6.07 Å². The Morgan fingerprint density at radius 3 is 2.55 bits per heavy atom. The third-order valence-electron chi connectivity index (χ3n) is 3.32. The molecular weight excluding hydrogens is 319 g/mol. The average molecular weight is 337 g/mol. The van der Waals surface area contributed by atoms with Gasteiger partial charge in [0.15, 0.2) is 0 Å². The monoisotopic (exact) mass is 336 g/mol. The van der Waals surface area contributed by atoms with Crippen molar-refractivity contribution in [2.75, 3.05) is 6.54 Å². The molecule has 2 nitrogen and oxygen atoms in total. The van der Waals surface area contributed by atoms with Gasteiger partial charge in [0, 0.05) is 23.1 Å². The molecule has 2 rings (SSSR count). The SMILES string of the molecule is CC(NC(CN)c1cc(F)ccc1Br)c1ccccc1. The van der Waals surface area contributed by atoms with Crippen molar-refractivity contribution in [2.45, 2.75) is 19.0 Å². The van der Waals surface area contributed by atoms with Gasteiger partial charge in [0.1, 0.15) is 5.82 Å². The Labute approximate surface area is 127 Å². The van der Waals surface area contributed by atoms with Gasteiger partial charge in [0.05, 0.1) is 0 Å². The van der Waals surface area contributed by atoms with Gasteiger partial charge in [-0.2, -0.15) is 0 Å². The van der Waals surface area contributed by atoms with Gasteiger partial charge in [-0.15, -0.1) is 0 Å². The lowest BCUT2D eigenvalue weighted by atomic mass is 10.0. The normalized spacial score (nSPS) is 14.0. The molecule has 0 radical (unpaired) electrons. The van der Waals surface area contributed by atoms with E-state index in [1.165, 1.54) is 17.7 Å². The van der Waals surface area contributed by atoms with Crippen LogP contribution in [0.1, 0.15) is 30.1 Å². The van der Waals surface area contributed by atoms with Crippen LogP contribution in [0, 0.1) is 5.82 Å². The van der Waals surface area contributed by atoms with Crippen LogP contribution in [0.4, 0.5) is 4.39 Å². The molecular formula is C16H18BrFN2. The van der Waals surface area contributed by atoms with Gasteiger partial charge < -0.3 is 11.1 Å². The lowest BCUT2D eigenvalue weighted by Crippen LogP contribution is -2.30. The molecule has 2 atom stereocenters. The molecule has 0 heterocycles. The first kappa shape index (κ1) is 15.2. The van der Waals surface area contributed by atoms with Gasteiger partial charge >= 0.3 is 0 Å². The molecule has 0 amide bonds. The Morgan fingerprint density at radius 1 is 1.20 bits per heavy atom. The molecule has 2 aromatic carbocycles. The standard InChI is InChI=1S/C16H18BrFN2/c1-11(12-5-3-2-4-6-12)20-16(10-19)14-9-13(18)7-8-15(14)17/h2-9,11,16,20H,10,19H2,1H3. The van der Waals surface area contributed by atoms with Crippen LogP contribution in [0.2, 0.25) is 0 Å². The summed E-state index contributed by atoms with van der Waals surface area (Å²) in [6.07, 6.45) is 0. The van der Waals surface area contributed by atoms with Crippen LogP contribution >= 0.6 is 15.9 Å². The summed E-state index contributed by atoms with van der Waals surface area (Å²) < 4.78 is 14.3. The molecule has 106 valence electrons. The van der Waals surface area contributed by atoms with E-state index in [1.807, 2.05) is 18.2 Å². The van der Waals surface area contributed by atoms with Gasteiger partial charge in [-0.1, -0.05) is 46.3 Å². The summed E-state index contributed by atoms with van der Waals surface area (Å²) in [5, 5.41) is 3.45. The summed E-state index contributed by atoms with van der Waals surface area (Å²) in [5.74, 6) is -0.254. The number of hydrogen-bond donors (Lipinski definition) is 2. The number of rotatable bonds is 5. The van der Waals surface area contributed by atoms with Gasteiger partial charge in [-0.05, 0) is 36.2 Å². The minimum absolute atomic E-state index is 0.102. The van der Waals surface area contributed by atoms with Crippen molar-refractivity contribution in [2.24, 2.45) is 5.73 Å². The van der Waals surface area contributed by atoms with Gasteiger partial charge in [0.2, 0.25) is 0 Å². The number of hydrogen-bond acceptors (Lipinski definition) is 2. The maximum atomic E-state index is 13.4. The van der Waals surface area contributed by atoms with Gasteiger partial charge in [-0.3, -0.25) is 0 Å². The van der Waals surface area contributed by atoms with E-state index < -0.39 is 0 Å². The van der Waals surface area contributed by atoms with Crippen molar-refractivity contribution >= 4 is 15.9 Å². The smallest absolute Gasteiger partial charge is 0.123 e. The second-order valence-electron chi connectivity index (χ2n) is 4.75. The summed E-state index contributed by atoms with van der Waals surface area (Å²) in [7, 11) is 0. The fourth-order valence-electron chi connectivity index (χ4n) is 2.21. The van der Waals surface area contributed by atoms with Crippen molar-refractivity contribution in [3.05, 3.63) is 69.9 Å². The van der Waals surface area contributed by atoms with Crippen molar-refractivity contribution in [1.29, 1.82) is 0 Å². The van der Waals surface area contributed by atoms with Crippen molar-refractivity contribution in [3.63, 3.8) is 0 Å². The molecule has 2 unspecified atom stereocenters. The number of nitrogens with one attached hydrogen (secondary N) is 1. The lowest BCUT2D eigenvalue weighted by molar-refractivity contribution is 0.469. The minimum Gasteiger partial charge on any atom is -0.329 e. The van der Waals surface area contributed by atoms with Crippen molar-refractivity contribution in [3.8, 4) is 0 Å². The molecule has 3 N–H and O–H groups in total. The van der Waals surface area contributed by atoms with Crippen LogP contribution in [-0.2, 0) is 0 Å². The third kappa shape index (κ3) is 3.66. The zero-order valence-electron chi connectivity index (χ0n) is 11.3.